The van der Waals surface area contributed by atoms with Gasteiger partial charge in [0.2, 0.25) is 5.91 Å². The number of hydrogen-bond acceptors (Lipinski definition) is 3. The zero-order valence-corrected chi connectivity index (χ0v) is 15.6. The van der Waals surface area contributed by atoms with Gasteiger partial charge in [-0.25, -0.2) is 4.39 Å². The number of anilines is 1. The first kappa shape index (κ1) is 24.2. The summed E-state index contributed by atoms with van der Waals surface area (Å²) in [6.45, 7) is 5.29. The van der Waals surface area contributed by atoms with Gasteiger partial charge in [0, 0.05) is 20.1 Å². The molecule has 0 heterocycles. The molecular formula is C16H28Cl2FN3O. The molecule has 0 saturated carbocycles. The Kier molecular flexibility index (Phi) is 13.0. The van der Waals surface area contributed by atoms with Gasteiger partial charge in [0.1, 0.15) is 5.82 Å². The van der Waals surface area contributed by atoms with Crippen LogP contribution in [0, 0.1) is 11.7 Å². The molecule has 1 aromatic rings. The number of para-hydroxylation sites is 1. The van der Waals surface area contributed by atoms with Crippen molar-refractivity contribution >= 4 is 36.4 Å². The monoisotopic (exact) mass is 367 g/mol. The summed E-state index contributed by atoms with van der Waals surface area (Å²) in [6.07, 6.45) is 1.42. The lowest BCUT2D eigenvalue weighted by Gasteiger charge is -2.20. The Morgan fingerprint density at radius 2 is 1.91 bits per heavy atom. The molecule has 0 spiro atoms. The zero-order chi connectivity index (χ0) is 15.8. The number of carbonyl (C=O) groups excluding carboxylic acids is 1. The van der Waals surface area contributed by atoms with Crippen molar-refractivity contribution < 1.29 is 9.18 Å². The van der Waals surface area contributed by atoms with Gasteiger partial charge in [0.05, 0.1) is 11.7 Å². The van der Waals surface area contributed by atoms with Crippen molar-refractivity contribution in [2.24, 2.45) is 11.7 Å². The van der Waals surface area contributed by atoms with E-state index in [1.807, 2.05) is 31.9 Å². The summed E-state index contributed by atoms with van der Waals surface area (Å²) < 4.78 is 13.6. The molecule has 0 aromatic heterocycles. The minimum Gasteiger partial charge on any atom is -0.372 e. The highest BCUT2D eigenvalue weighted by Gasteiger charge is 2.14. The van der Waals surface area contributed by atoms with Crippen LogP contribution in [-0.2, 0) is 4.79 Å². The molecule has 4 nitrogen and oxygen atoms in total. The summed E-state index contributed by atoms with van der Waals surface area (Å²) in [7, 11) is 1.84. The van der Waals surface area contributed by atoms with Crippen LogP contribution < -0.4 is 16.0 Å². The minimum absolute atomic E-state index is 0. The molecule has 3 N–H and O–H groups in total. The van der Waals surface area contributed by atoms with Gasteiger partial charge in [-0.05, 0) is 30.9 Å². The average Bonchev–Trinajstić information content (AvgIpc) is 2.42. The van der Waals surface area contributed by atoms with Crippen LogP contribution in [0.15, 0.2) is 24.3 Å². The van der Waals surface area contributed by atoms with Crippen LogP contribution in [0.3, 0.4) is 0 Å². The first-order valence-corrected chi connectivity index (χ1v) is 7.40. The van der Waals surface area contributed by atoms with Gasteiger partial charge in [-0.1, -0.05) is 26.0 Å². The lowest BCUT2D eigenvalue weighted by atomic mass is 10.0. The van der Waals surface area contributed by atoms with E-state index in [0.29, 0.717) is 31.1 Å². The van der Waals surface area contributed by atoms with Gasteiger partial charge >= 0.3 is 0 Å². The van der Waals surface area contributed by atoms with Crippen LogP contribution in [0.4, 0.5) is 10.1 Å². The number of carbonyl (C=O) groups is 1. The van der Waals surface area contributed by atoms with Gasteiger partial charge in [-0.3, -0.25) is 4.79 Å². The molecule has 1 aromatic carbocycles. The van der Waals surface area contributed by atoms with Crippen LogP contribution in [-0.4, -0.2) is 32.1 Å². The van der Waals surface area contributed by atoms with E-state index in [9.17, 15) is 9.18 Å². The van der Waals surface area contributed by atoms with Gasteiger partial charge in [-0.15, -0.1) is 24.8 Å². The summed E-state index contributed by atoms with van der Waals surface area (Å²) in [6, 6.07) is 6.21. The second-order valence-electron chi connectivity index (χ2n) is 5.75. The molecule has 0 aliphatic carbocycles. The molecular weight excluding hydrogens is 340 g/mol. The Morgan fingerprint density at radius 1 is 1.30 bits per heavy atom. The first-order chi connectivity index (χ1) is 9.91. The molecule has 134 valence electrons. The highest BCUT2D eigenvalue weighted by atomic mass is 35.5. The number of benzene rings is 1. The fraction of sp³-hybridized carbons (Fsp3) is 0.562. The number of amides is 1. The molecule has 1 rings (SSSR count). The van der Waals surface area contributed by atoms with E-state index in [-0.39, 0.29) is 36.5 Å². The van der Waals surface area contributed by atoms with Crippen LogP contribution in [0.1, 0.15) is 26.7 Å². The van der Waals surface area contributed by atoms with Crippen molar-refractivity contribution in [3.05, 3.63) is 30.1 Å². The number of rotatable bonds is 8. The molecule has 0 radical (unpaired) electrons. The van der Waals surface area contributed by atoms with E-state index in [0.717, 1.165) is 6.42 Å². The third-order valence-electron chi connectivity index (χ3n) is 3.30. The predicted molar refractivity (Wildman–Crippen MR) is 99.2 cm³/mol. The molecule has 1 amide bonds. The van der Waals surface area contributed by atoms with E-state index in [1.54, 1.807) is 12.1 Å². The SMILES string of the molecule is CC(C)C[C@H](N)C(=O)NCCCN(C)c1ccccc1F.Cl.Cl. The van der Waals surface area contributed by atoms with Crippen LogP contribution in [0.5, 0.6) is 0 Å². The highest BCUT2D eigenvalue weighted by molar-refractivity contribution is 5.85. The van der Waals surface area contributed by atoms with Crippen LogP contribution in [0.25, 0.3) is 0 Å². The Labute approximate surface area is 150 Å². The van der Waals surface area contributed by atoms with Crippen molar-refractivity contribution in [3.8, 4) is 0 Å². The van der Waals surface area contributed by atoms with Crippen molar-refractivity contribution in [2.45, 2.75) is 32.7 Å². The summed E-state index contributed by atoms with van der Waals surface area (Å²) in [5.74, 6) is 0.0539. The normalized spacial score (nSPS) is 11.2. The summed E-state index contributed by atoms with van der Waals surface area (Å²) in [5.41, 5.74) is 6.37. The van der Waals surface area contributed by atoms with Gasteiger partial charge in [-0.2, -0.15) is 0 Å². The Morgan fingerprint density at radius 3 is 2.48 bits per heavy atom. The maximum absolute atomic E-state index is 13.6. The smallest absolute Gasteiger partial charge is 0.236 e. The minimum atomic E-state index is -0.450. The van der Waals surface area contributed by atoms with E-state index in [2.05, 4.69) is 5.32 Å². The topological polar surface area (TPSA) is 58.4 Å². The quantitative estimate of drug-likeness (QED) is 0.694. The van der Waals surface area contributed by atoms with Gasteiger partial charge < -0.3 is 16.0 Å². The predicted octanol–water partition coefficient (Wildman–Crippen LogP) is 2.99. The maximum atomic E-state index is 13.6. The molecule has 0 unspecified atom stereocenters. The average molecular weight is 368 g/mol. The van der Waals surface area contributed by atoms with Gasteiger partial charge in [0.15, 0.2) is 0 Å². The number of nitrogens with two attached hydrogens (primary N) is 1. The van der Waals surface area contributed by atoms with E-state index < -0.39 is 6.04 Å². The third kappa shape index (κ3) is 8.98. The number of hydrogen-bond donors (Lipinski definition) is 2. The number of nitrogens with one attached hydrogen (secondary N) is 1. The standard InChI is InChI=1S/C16H26FN3O.2ClH/c1-12(2)11-14(18)16(21)19-9-6-10-20(3)15-8-5-4-7-13(15)17;;/h4-5,7-8,12,14H,6,9-11,18H2,1-3H3,(H,19,21);2*1H/t14-;;/m0../s1. The fourth-order valence-corrected chi connectivity index (χ4v) is 2.16. The largest absolute Gasteiger partial charge is 0.372 e. The molecule has 0 fully saturated rings. The van der Waals surface area contributed by atoms with Crippen LogP contribution >= 0.6 is 24.8 Å². The third-order valence-corrected chi connectivity index (χ3v) is 3.30. The van der Waals surface area contributed by atoms with Crippen molar-refractivity contribution in [1.29, 1.82) is 0 Å². The van der Waals surface area contributed by atoms with Gasteiger partial charge in [0.25, 0.3) is 0 Å². The van der Waals surface area contributed by atoms with Crippen molar-refractivity contribution in [3.63, 3.8) is 0 Å². The second-order valence-corrected chi connectivity index (χ2v) is 5.75. The Bertz CT molecular complexity index is 461. The highest BCUT2D eigenvalue weighted by Crippen LogP contribution is 2.16. The molecule has 1 atom stereocenters. The lowest BCUT2D eigenvalue weighted by Crippen LogP contribution is -2.42. The maximum Gasteiger partial charge on any atom is 0.236 e. The molecule has 7 heteroatoms. The van der Waals surface area contributed by atoms with E-state index in [1.165, 1.54) is 6.07 Å². The second kappa shape index (κ2) is 12.4. The summed E-state index contributed by atoms with van der Waals surface area (Å²) in [5, 5.41) is 2.82. The molecule has 0 bridgehead atoms. The fourth-order valence-electron chi connectivity index (χ4n) is 2.16. The van der Waals surface area contributed by atoms with E-state index >= 15 is 0 Å². The molecule has 23 heavy (non-hydrogen) atoms. The Hall–Kier alpha value is -1.04. The molecule has 0 aliphatic heterocycles. The molecule has 0 aliphatic rings. The summed E-state index contributed by atoms with van der Waals surface area (Å²) >= 11 is 0. The summed E-state index contributed by atoms with van der Waals surface area (Å²) in [4.78, 5) is 13.6. The van der Waals surface area contributed by atoms with E-state index in [4.69, 9.17) is 5.73 Å². The molecule has 0 saturated heterocycles. The Balaban J connectivity index is 0. The number of nitrogens with zero attached hydrogens (tertiary/aromatic N) is 1. The van der Waals surface area contributed by atoms with Crippen LogP contribution in [0.2, 0.25) is 0 Å². The van der Waals surface area contributed by atoms with Crippen molar-refractivity contribution in [1.82, 2.24) is 5.32 Å². The first-order valence-electron chi connectivity index (χ1n) is 7.40. The zero-order valence-electron chi connectivity index (χ0n) is 13.9. The lowest BCUT2D eigenvalue weighted by molar-refractivity contribution is -0.122. The van der Waals surface area contributed by atoms with Crippen molar-refractivity contribution in [2.75, 3.05) is 25.0 Å². The number of halogens is 3.